The first-order valence-corrected chi connectivity index (χ1v) is 7.74. The molecule has 1 heterocycles. The number of anilines is 1. The van der Waals surface area contributed by atoms with Gasteiger partial charge in [0, 0.05) is 37.2 Å². The van der Waals surface area contributed by atoms with Crippen molar-refractivity contribution in [2.24, 2.45) is 7.05 Å². The summed E-state index contributed by atoms with van der Waals surface area (Å²) in [6, 6.07) is 8.51. The second-order valence-electron chi connectivity index (χ2n) is 6.00. The minimum Gasteiger partial charge on any atom is -0.348 e. The Kier molecular flexibility index (Phi) is 3.86. The minimum absolute atomic E-state index is 0.00162. The van der Waals surface area contributed by atoms with Crippen LogP contribution in [0.1, 0.15) is 32.1 Å². The third kappa shape index (κ3) is 2.75. The largest absolute Gasteiger partial charge is 0.348 e. The second-order valence-corrected chi connectivity index (χ2v) is 6.00. The van der Waals surface area contributed by atoms with Crippen LogP contribution in [0.15, 0.2) is 30.5 Å². The zero-order valence-electron chi connectivity index (χ0n) is 12.8. The summed E-state index contributed by atoms with van der Waals surface area (Å²) in [5.41, 5.74) is 2.02. The number of para-hydroxylation sites is 1. The summed E-state index contributed by atoms with van der Waals surface area (Å²) in [5, 5.41) is 4.16. The van der Waals surface area contributed by atoms with Crippen LogP contribution in [0.3, 0.4) is 0 Å². The molecular weight excluding hydrogens is 262 g/mol. The van der Waals surface area contributed by atoms with Crippen LogP contribution in [0, 0.1) is 0 Å². The van der Waals surface area contributed by atoms with Gasteiger partial charge in [-0.15, -0.1) is 0 Å². The van der Waals surface area contributed by atoms with Gasteiger partial charge in [-0.3, -0.25) is 0 Å². The average Bonchev–Trinajstić information content (AvgIpc) is 2.84. The highest BCUT2D eigenvalue weighted by molar-refractivity contribution is 6.01. The van der Waals surface area contributed by atoms with Gasteiger partial charge in [-0.1, -0.05) is 37.5 Å². The smallest absolute Gasteiger partial charge is 0.321 e. The molecule has 112 valence electrons. The van der Waals surface area contributed by atoms with Gasteiger partial charge >= 0.3 is 6.03 Å². The Bertz CT molecular complexity index is 641. The zero-order valence-corrected chi connectivity index (χ0v) is 12.8. The molecular formula is C17H23N3O. The van der Waals surface area contributed by atoms with Crippen molar-refractivity contribution in [3.05, 3.63) is 30.5 Å². The van der Waals surface area contributed by atoms with E-state index in [2.05, 4.69) is 11.4 Å². The predicted octanol–water partition coefficient (Wildman–Crippen LogP) is 3.97. The van der Waals surface area contributed by atoms with Crippen molar-refractivity contribution in [3.8, 4) is 0 Å². The van der Waals surface area contributed by atoms with Crippen LogP contribution in [0.5, 0.6) is 0 Å². The summed E-state index contributed by atoms with van der Waals surface area (Å²) < 4.78 is 2.05. The van der Waals surface area contributed by atoms with Gasteiger partial charge in [0.1, 0.15) is 0 Å². The number of aromatic nitrogens is 1. The third-order valence-corrected chi connectivity index (χ3v) is 4.58. The molecule has 2 amide bonds. The van der Waals surface area contributed by atoms with Crippen LogP contribution in [0.25, 0.3) is 10.9 Å². The molecule has 1 aliphatic rings. The van der Waals surface area contributed by atoms with Crippen LogP contribution in [-0.4, -0.2) is 28.6 Å². The molecule has 1 N–H and O–H groups in total. The number of nitrogens with one attached hydrogen (secondary N) is 1. The lowest BCUT2D eigenvalue weighted by Gasteiger charge is -2.31. The number of fused-ring (bicyclic) bond motifs is 1. The number of amides is 2. The van der Waals surface area contributed by atoms with Crippen molar-refractivity contribution >= 4 is 22.6 Å². The van der Waals surface area contributed by atoms with Gasteiger partial charge in [0.05, 0.1) is 5.69 Å². The first-order chi connectivity index (χ1) is 10.2. The SMILES string of the molecule is CN(C(=O)Nc1cn(C)c2ccccc12)C1CCCCC1. The molecule has 4 heteroatoms. The molecule has 1 aromatic heterocycles. The third-order valence-electron chi connectivity index (χ3n) is 4.58. The number of rotatable bonds is 2. The van der Waals surface area contributed by atoms with E-state index in [-0.39, 0.29) is 6.03 Å². The van der Waals surface area contributed by atoms with Gasteiger partial charge in [0.25, 0.3) is 0 Å². The molecule has 1 saturated carbocycles. The van der Waals surface area contributed by atoms with E-state index in [0.717, 1.165) is 29.4 Å². The van der Waals surface area contributed by atoms with Gasteiger partial charge in [-0.05, 0) is 18.9 Å². The van der Waals surface area contributed by atoms with Crippen LogP contribution in [0.2, 0.25) is 0 Å². The number of carbonyl (C=O) groups excluding carboxylic acids is 1. The van der Waals surface area contributed by atoms with E-state index >= 15 is 0 Å². The number of nitrogens with zero attached hydrogens (tertiary/aromatic N) is 2. The summed E-state index contributed by atoms with van der Waals surface area (Å²) in [6.07, 6.45) is 8.00. The molecule has 0 spiro atoms. The molecule has 0 aliphatic heterocycles. The van der Waals surface area contributed by atoms with E-state index in [1.807, 2.05) is 48.0 Å². The molecule has 4 nitrogen and oxygen atoms in total. The van der Waals surface area contributed by atoms with E-state index < -0.39 is 0 Å². The van der Waals surface area contributed by atoms with Crippen molar-refractivity contribution in [2.75, 3.05) is 12.4 Å². The Morgan fingerprint density at radius 1 is 1.24 bits per heavy atom. The summed E-state index contributed by atoms with van der Waals surface area (Å²) in [6.45, 7) is 0. The number of aryl methyl sites for hydroxylation is 1. The highest BCUT2D eigenvalue weighted by Gasteiger charge is 2.22. The van der Waals surface area contributed by atoms with Gasteiger partial charge < -0.3 is 14.8 Å². The summed E-state index contributed by atoms with van der Waals surface area (Å²) in [4.78, 5) is 14.3. The maximum absolute atomic E-state index is 12.5. The first kappa shape index (κ1) is 14.0. The number of benzene rings is 1. The van der Waals surface area contributed by atoms with Crippen LogP contribution < -0.4 is 5.32 Å². The van der Waals surface area contributed by atoms with Crippen molar-refractivity contribution in [2.45, 2.75) is 38.1 Å². The monoisotopic (exact) mass is 285 g/mol. The number of carbonyl (C=O) groups is 1. The fourth-order valence-corrected chi connectivity index (χ4v) is 3.28. The fourth-order valence-electron chi connectivity index (χ4n) is 3.28. The van der Waals surface area contributed by atoms with E-state index in [4.69, 9.17) is 0 Å². The first-order valence-electron chi connectivity index (χ1n) is 7.74. The average molecular weight is 285 g/mol. The van der Waals surface area contributed by atoms with Gasteiger partial charge in [0.15, 0.2) is 0 Å². The van der Waals surface area contributed by atoms with Crippen molar-refractivity contribution in [1.29, 1.82) is 0 Å². The predicted molar refractivity (Wildman–Crippen MR) is 86.6 cm³/mol. The second kappa shape index (κ2) is 5.80. The molecule has 0 unspecified atom stereocenters. The molecule has 1 aliphatic carbocycles. The highest BCUT2D eigenvalue weighted by atomic mass is 16.2. The number of hydrogen-bond donors (Lipinski definition) is 1. The van der Waals surface area contributed by atoms with E-state index in [1.54, 1.807) is 0 Å². The van der Waals surface area contributed by atoms with Crippen LogP contribution >= 0.6 is 0 Å². The molecule has 1 aromatic carbocycles. The molecule has 0 saturated heterocycles. The fraction of sp³-hybridized carbons (Fsp3) is 0.471. The normalized spacial score (nSPS) is 16.1. The Morgan fingerprint density at radius 2 is 1.95 bits per heavy atom. The lowest BCUT2D eigenvalue weighted by atomic mass is 9.95. The Hall–Kier alpha value is -1.97. The molecule has 21 heavy (non-hydrogen) atoms. The molecule has 2 aromatic rings. The van der Waals surface area contributed by atoms with Gasteiger partial charge in [-0.2, -0.15) is 0 Å². The lowest BCUT2D eigenvalue weighted by Crippen LogP contribution is -2.40. The molecule has 3 rings (SSSR count). The van der Waals surface area contributed by atoms with Crippen molar-refractivity contribution in [3.63, 3.8) is 0 Å². The molecule has 1 fully saturated rings. The van der Waals surface area contributed by atoms with Crippen LogP contribution in [0.4, 0.5) is 10.5 Å². The van der Waals surface area contributed by atoms with E-state index in [9.17, 15) is 4.79 Å². The maximum Gasteiger partial charge on any atom is 0.321 e. The topological polar surface area (TPSA) is 37.3 Å². The Labute approximate surface area is 125 Å². The van der Waals surface area contributed by atoms with E-state index in [0.29, 0.717) is 6.04 Å². The summed E-state index contributed by atoms with van der Waals surface area (Å²) in [7, 11) is 3.92. The lowest BCUT2D eigenvalue weighted by molar-refractivity contribution is 0.186. The summed E-state index contributed by atoms with van der Waals surface area (Å²) in [5.74, 6) is 0. The van der Waals surface area contributed by atoms with E-state index in [1.165, 1.54) is 19.3 Å². The standard InChI is InChI=1S/C17H23N3O/c1-19-12-15(14-10-6-7-11-16(14)19)18-17(21)20(2)13-8-4-3-5-9-13/h6-7,10-13H,3-5,8-9H2,1-2H3,(H,18,21). The van der Waals surface area contributed by atoms with Crippen molar-refractivity contribution < 1.29 is 4.79 Å². The summed E-state index contributed by atoms with van der Waals surface area (Å²) >= 11 is 0. The maximum atomic E-state index is 12.5. The molecule has 0 radical (unpaired) electrons. The Morgan fingerprint density at radius 3 is 2.71 bits per heavy atom. The molecule has 0 atom stereocenters. The number of hydrogen-bond acceptors (Lipinski definition) is 1. The quantitative estimate of drug-likeness (QED) is 0.890. The van der Waals surface area contributed by atoms with Crippen LogP contribution in [-0.2, 0) is 7.05 Å². The van der Waals surface area contributed by atoms with Gasteiger partial charge in [-0.25, -0.2) is 4.79 Å². The minimum atomic E-state index is -0.00162. The zero-order chi connectivity index (χ0) is 14.8. The number of urea groups is 1. The Balaban J connectivity index is 1.76. The van der Waals surface area contributed by atoms with Crippen molar-refractivity contribution in [1.82, 2.24) is 9.47 Å². The molecule has 0 bridgehead atoms. The van der Waals surface area contributed by atoms with Gasteiger partial charge in [0.2, 0.25) is 0 Å². The highest BCUT2D eigenvalue weighted by Crippen LogP contribution is 2.26.